The summed E-state index contributed by atoms with van der Waals surface area (Å²) >= 11 is 0. The zero-order valence-corrected chi connectivity index (χ0v) is 12.4. The summed E-state index contributed by atoms with van der Waals surface area (Å²) in [4.78, 5) is 14.2. The van der Waals surface area contributed by atoms with Crippen LogP contribution in [0.4, 0.5) is 5.69 Å². The fraction of sp³-hybridized carbons (Fsp3) is 0.562. The summed E-state index contributed by atoms with van der Waals surface area (Å²) in [5.41, 5.74) is 2.42. The molecule has 0 radical (unpaired) electrons. The Labute approximate surface area is 121 Å². The number of methoxy groups -OCH3 is 1. The van der Waals surface area contributed by atoms with E-state index in [1.165, 1.54) is 30.5 Å². The summed E-state index contributed by atoms with van der Waals surface area (Å²) in [7, 11) is 1.55. The minimum Gasteiger partial charge on any atom is -0.372 e. The Balaban J connectivity index is 2.02. The average molecular weight is 276 g/mol. The first-order valence-corrected chi connectivity index (χ1v) is 7.35. The van der Waals surface area contributed by atoms with Gasteiger partial charge in [-0.1, -0.05) is 18.2 Å². The second-order valence-corrected chi connectivity index (χ2v) is 5.27. The van der Waals surface area contributed by atoms with Crippen molar-refractivity contribution in [2.45, 2.75) is 38.8 Å². The van der Waals surface area contributed by atoms with Crippen LogP contribution in [0, 0.1) is 0 Å². The molecule has 1 aliphatic rings. The van der Waals surface area contributed by atoms with Crippen molar-refractivity contribution in [3.05, 3.63) is 29.8 Å². The molecule has 1 saturated heterocycles. The van der Waals surface area contributed by atoms with Gasteiger partial charge in [0, 0.05) is 32.4 Å². The van der Waals surface area contributed by atoms with Crippen molar-refractivity contribution in [1.29, 1.82) is 0 Å². The smallest absolute Gasteiger partial charge is 0.249 e. The van der Waals surface area contributed by atoms with Crippen LogP contribution in [0.2, 0.25) is 0 Å². The molecule has 1 atom stereocenters. The molecular formula is C16H24N2O2. The number of carbonyl (C=O) groups excluding carboxylic acids is 1. The predicted octanol–water partition coefficient (Wildman–Crippen LogP) is 2.33. The van der Waals surface area contributed by atoms with Crippen molar-refractivity contribution in [3.8, 4) is 0 Å². The van der Waals surface area contributed by atoms with Gasteiger partial charge < -0.3 is 15.0 Å². The first-order valence-electron chi connectivity index (χ1n) is 7.35. The van der Waals surface area contributed by atoms with Gasteiger partial charge >= 0.3 is 0 Å². The molecule has 1 aromatic rings. The number of nitrogens with zero attached hydrogens (tertiary/aromatic N) is 1. The third-order valence-electron chi connectivity index (χ3n) is 3.86. The van der Waals surface area contributed by atoms with E-state index in [0.717, 1.165) is 13.1 Å². The van der Waals surface area contributed by atoms with E-state index in [1.54, 1.807) is 14.0 Å². The molecule has 1 aliphatic heterocycles. The molecule has 2 rings (SSSR count). The van der Waals surface area contributed by atoms with E-state index in [1.807, 2.05) is 6.07 Å². The maximum Gasteiger partial charge on any atom is 0.249 e. The maximum atomic E-state index is 11.8. The van der Waals surface area contributed by atoms with Gasteiger partial charge in [0.15, 0.2) is 0 Å². The average Bonchev–Trinajstić information content (AvgIpc) is 2.53. The lowest BCUT2D eigenvalue weighted by Gasteiger charge is -2.30. The standard InChI is InChI=1S/C16H24N2O2/c1-13(20-2)16(19)17-12-14-8-4-5-9-15(14)18-10-6-3-7-11-18/h4-5,8-9,13H,3,6-7,10-12H2,1-2H3,(H,17,19)/t13-/m1/s1. The molecular weight excluding hydrogens is 252 g/mol. The minimum absolute atomic E-state index is 0.0686. The molecule has 0 aliphatic carbocycles. The van der Waals surface area contributed by atoms with Crippen LogP contribution >= 0.6 is 0 Å². The number of hydrogen-bond acceptors (Lipinski definition) is 3. The van der Waals surface area contributed by atoms with Gasteiger partial charge in [0.05, 0.1) is 0 Å². The highest BCUT2D eigenvalue weighted by atomic mass is 16.5. The molecule has 110 valence electrons. The second kappa shape index (κ2) is 7.29. The monoisotopic (exact) mass is 276 g/mol. The molecule has 0 unspecified atom stereocenters. The Morgan fingerprint density at radius 1 is 1.30 bits per heavy atom. The Bertz CT molecular complexity index is 442. The quantitative estimate of drug-likeness (QED) is 0.897. The van der Waals surface area contributed by atoms with Crippen molar-refractivity contribution in [2.24, 2.45) is 0 Å². The number of ether oxygens (including phenoxy) is 1. The minimum atomic E-state index is -0.405. The third kappa shape index (κ3) is 3.73. The number of carbonyl (C=O) groups is 1. The van der Waals surface area contributed by atoms with Gasteiger partial charge in [-0.2, -0.15) is 0 Å². The van der Waals surface area contributed by atoms with Crippen LogP contribution in [-0.2, 0) is 16.1 Å². The molecule has 1 heterocycles. The Kier molecular flexibility index (Phi) is 5.41. The van der Waals surface area contributed by atoms with Crippen molar-refractivity contribution < 1.29 is 9.53 Å². The molecule has 4 heteroatoms. The van der Waals surface area contributed by atoms with Crippen LogP contribution in [0.3, 0.4) is 0 Å². The van der Waals surface area contributed by atoms with Crippen LogP contribution in [0.15, 0.2) is 24.3 Å². The summed E-state index contributed by atoms with van der Waals surface area (Å²) in [6.07, 6.45) is 3.42. The Morgan fingerprint density at radius 3 is 2.70 bits per heavy atom. The van der Waals surface area contributed by atoms with Crippen molar-refractivity contribution in [1.82, 2.24) is 5.32 Å². The molecule has 0 spiro atoms. The lowest BCUT2D eigenvalue weighted by atomic mass is 10.1. The summed E-state index contributed by atoms with van der Waals surface area (Å²) < 4.78 is 5.02. The van der Waals surface area contributed by atoms with E-state index in [-0.39, 0.29) is 5.91 Å². The van der Waals surface area contributed by atoms with Gasteiger partial charge in [0.1, 0.15) is 6.10 Å². The van der Waals surface area contributed by atoms with Crippen LogP contribution < -0.4 is 10.2 Å². The van der Waals surface area contributed by atoms with Gasteiger partial charge in [0.25, 0.3) is 0 Å². The van der Waals surface area contributed by atoms with Gasteiger partial charge in [-0.05, 0) is 37.8 Å². The van der Waals surface area contributed by atoms with E-state index < -0.39 is 6.10 Å². The number of rotatable bonds is 5. The number of piperidine rings is 1. The summed E-state index contributed by atoms with van der Waals surface area (Å²) in [6.45, 7) is 4.53. The molecule has 1 amide bonds. The van der Waals surface area contributed by atoms with E-state index >= 15 is 0 Å². The maximum absolute atomic E-state index is 11.8. The van der Waals surface area contributed by atoms with Gasteiger partial charge in [-0.3, -0.25) is 4.79 Å². The topological polar surface area (TPSA) is 41.6 Å². The van der Waals surface area contributed by atoms with E-state index in [9.17, 15) is 4.79 Å². The van der Waals surface area contributed by atoms with Crippen LogP contribution in [-0.4, -0.2) is 32.2 Å². The first kappa shape index (κ1) is 14.9. The number of anilines is 1. The largest absolute Gasteiger partial charge is 0.372 e. The molecule has 1 N–H and O–H groups in total. The van der Waals surface area contributed by atoms with Crippen molar-refractivity contribution in [2.75, 3.05) is 25.1 Å². The summed E-state index contributed by atoms with van der Waals surface area (Å²) in [5.74, 6) is -0.0686. The van der Waals surface area contributed by atoms with Gasteiger partial charge in [-0.15, -0.1) is 0 Å². The van der Waals surface area contributed by atoms with E-state index in [4.69, 9.17) is 4.74 Å². The second-order valence-electron chi connectivity index (χ2n) is 5.27. The number of nitrogens with one attached hydrogen (secondary N) is 1. The number of amides is 1. The molecule has 0 aromatic heterocycles. The zero-order valence-electron chi connectivity index (χ0n) is 12.4. The van der Waals surface area contributed by atoms with Crippen LogP contribution in [0.1, 0.15) is 31.7 Å². The summed E-state index contributed by atoms with van der Waals surface area (Å²) in [5, 5.41) is 2.94. The van der Waals surface area contributed by atoms with Crippen LogP contribution in [0.25, 0.3) is 0 Å². The Hall–Kier alpha value is -1.55. The van der Waals surface area contributed by atoms with E-state index in [0.29, 0.717) is 6.54 Å². The lowest BCUT2D eigenvalue weighted by Crippen LogP contribution is -2.35. The van der Waals surface area contributed by atoms with Crippen molar-refractivity contribution >= 4 is 11.6 Å². The highest BCUT2D eigenvalue weighted by Crippen LogP contribution is 2.23. The SMILES string of the molecule is CO[C@H](C)C(=O)NCc1ccccc1N1CCCCC1. The fourth-order valence-electron chi connectivity index (χ4n) is 2.54. The van der Waals surface area contributed by atoms with Crippen LogP contribution in [0.5, 0.6) is 0 Å². The number of benzene rings is 1. The number of hydrogen-bond donors (Lipinski definition) is 1. The molecule has 1 aromatic carbocycles. The predicted molar refractivity (Wildman–Crippen MR) is 80.8 cm³/mol. The molecule has 0 saturated carbocycles. The molecule has 0 bridgehead atoms. The third-order valence-corrected chi connectivity index (χ3v) is 3.86. The van der Waals surface area contributed by atoms with E-state index in [2.05, 4.69) is 28.4 Å². The number of para-hydroxylation sites is 1. The van der Waals surface area contributed by atoms with Gasteiger partial charge in [-0.25, -0.2) is 0 Å². The molecule has 4 nitrogen and oxygen atoms in total. The lowest BCUT2D eigenvalue weighted by molar-refractivity contribution is -0.130. The van der Waals surface area contributed by atoms with Gasteiger partial charge in [0.2, 0.25) is 5.91 Å². The Morgan fingerprint density at radius 2 is 2.00 bits per heavy atom. The highest BCUT2D eigenvalue weighted by molar-refractivity contribution is 5.80. The van der Waals surface area contributed by atoms with Crippen molar-refractivity contribution in [3.63, 3.8) is 0 Å². The highest BCUT2D eigenvalue weighted by Gasteiger charge is 2.15. The zero-order chi connectivity index (χ0) is 14.4. The summed E-state index contributed by atoms with van der Waals surface area (Å²) in [6, 6.07) is 8.32. The normalized spacial score (nSPS) is 16.8. The first-order chi connectivity index (χ1) is 9.72. The molecule has 1 fully saturated rings. The molecule has 20 heavy (non-hydrogen) atoms. The fourth-order valence-corrected chi connectivity index (χ4v) is 2.54.